The van der Waals surface area contributed by atoms with Crippen LogP contribution < -0.4 is 5.32 Å². The summed E-state index contributed by atoms with van der Waals surface area (Å²) in [4.78, 5) is 31.1. The lowest BCUT2D eigenvalue weighted by Crippen LogP contribution is -2.54. The summed E-state index contributed by atoms with van der Waals surface area (Å²) >= 11 is 12.0. The molecule has 0 saturated carbocycles. The summed E-state index contributed by atoms with van der Waals surface area (Å²) in [6.45, 7) is 7.26. The van der Waals surface area contributed by atoms with Gasteiger partial charge < -0.3 is 10.2 Å². The van der Waals surface area contributed by atoms with Gasteiger partial charge in [-0.15, -0.1) is 0 Å². The van der Waals surface area contributed by atoms with Crippen LogP contribution in [0.1, 0.15) is 19.8 Å². The van der Waals surface area contributed by atoms with E-state index in [2.05, 4.69) is 15.1 Å². The Morgan fingerprint density at radius 3 is 2.37 bits per heavy atom. The lowest BCUT2D eigenvalue weighted by molar-refractivity contribution is -0.132. The molecule has 1 aromatic carbocycles. The third-order valence-electron chi connectivity index (χ3n) is 5.34. The Balaban J connectivity index is 1.46. The van der Waals surface area contributed by atoms with Crippen molar-refractivity contribution < 1.29 is 9.59 Å². The third kappa shape index (κ3) is 5.35. The van der Waals surface area contributed by atoms with Crippen LogP contribution in [0, 0.1) is 0 Å². The van der Waals surface area contributed by atoms with E-state index in [1.807, 2.05) is 11.8 Å². The van der Waals surface area contributed by atoms with Crippen LogP contribution in [-0.4, -0.2) is 78.4 Å². The van der Waals surface area contributed by atoms with Crippen molar-refractivity contribution in [2.45, 2.75) is 25.8 Å². The number of rotatable bonds is 5. The maximum Gasteiger partial charge on any atom is 0.241 e. The molecule has 6 nitrogen and oxygen atoms in total. The predicted octanol–water partition coefficient (Wildman–Crippen LogP) is 2.56. The number of anilines is 1. The Labute approximate surface area is 170 Å². The minimum Gasteiger partial charge on any atom is -0.342 e. The molecule has 1 unspecified atom stereocenters. The summed E-state index contributed by atoms with van der Waals surface area (Å²) in [7, 11) is 0. The number of nitrogens with zero attached hydrogens (tertiary/aromatic N) is 3. The van der Waals surface area contributed by atoms with Crippen LogP contribution in [-0.2, 0) is 9.59 Å². The fourth-order valence-corrected chi connectivity index (χ4v) is 4.02. The molecule has 8 heteroatoms. The summed E-state index contributed by atoms with van der Waals surface area (Å²) in [6, 6.07) is 4.74. The number of amides is 2. The van der Waals surface area contributed by atoms with E-state index in [4.69, 9.17) is 23.2 Å². The van der Waals surface area contributed by atoms with Gasteiger partial charge >= 0.3 is 0 Å². The Kier molecular flexibility index (Phi) is 6.98. The standard InChI is InChI=1S/C19H26Cl2N4O2/c1-14(19(27)22-17-5-4-15(20)12-16(17)21)24-10-8-23(9-11-24)13-18(26)25-6-2-3-7-25/h4-5,12,14H,2-3,6-11,13H2,1H3,(H,22,27). The molecule has 3 rings (SSSR count). The molecule has 2 aliphatic heterocycles. The number of carbonyl (C=O) groups excluding carboxylic acids is 2. The van der Waals surface area contributed by atoms with Gasteiger partial charge in [0.25, 0.3) is 0 Å². The second-order valence-corrected chi connectivity index (χ2v) is 8.03. The highest BCUT2D eigenvalue weighted by atomic mass is 35.5. The van der Waals surface area contributed by atoms with E-state index in [0.29, 0.717) is 22.3 Å². The van der Waals surface area contributed by atoms with Crippen molar-refractivity contribution in [2.24, 2.45) is 0 Å². The molecular weight excluding hydrogens is 387 g/mol. The molecule has 2 saturated heterocycles. The molecule has 0 spiro atoms. The lowest BCUT2D eigenvalue weighted by Gasteiger charge is -2.37. The number of piperazine rings is 1. The Bertz CT molecular complexity index is 686. The van der Waals surface area contributed by atoms with Gasteiger partial charge in [-0.3, -0.25) is 19.4 Å². The van der Waals surface area contributed by atoms with E-state index in [-0.39, 0.29) is 17.9 Å². The van der Waals surface area contributed by atoms with Gasteiger partial charge in [0.05, 0.1) is 23.3 Å². The molecule has 0 aliphatic carbocycles. The highest BCUT2D eigenvalue weighted by molar-refractivity contribution is 6.36. The number of likely N-dealkylation sites (tertiary alicyclic amines) is 1. The molecule has 2 heterocycles. The van der Waals surface area contributed by atoms with Gasteiger partial charge in [0.15, 0.2) is 0 Å². The van der Waals surface area contributed by atoms with E-state index in [1.54, 1.807) is 18.2 Å². The van der Waals surface area contributed by atoms with Crippen LogP contribution >= 0.6 is 23.2 Å². The summed E-state index contributed by atoms with van der Waals surface area (Å²) in [5.41, 5.74) is 0.563. The van der Waals surface area contributed by atoms with Crippen molar-refractivity contribution in [1.29, 1.82) is 0 Å². The number of hydrogen-bond donors (Lipinski definition) is 1. The first-order valence-corrected chi connectivity index (χ1v) is 10.2. The van der Waals surface area contributed by atoms with E-state index >= 15 is 0 Å². The van der Waals surface area contributed by atoms with Gasteiger partial charge in [-0.05, 0) is 38.0 Å². The summed E-state index contributed by atoms with van der Waals surface area (Å²) < 4.78 is 0. The highest BCUT2D eigenvalue weighted by Crippen LogP contribution is 2.25. The van der Waals surface area contributed by atoms with Crippen molar-refractivity contribution in [2.75, 3.05) is 51.1 Å². The normalized spacial score (nSPS) is 19.9. The first-order chi connectivity index (χ1) is 12.9. The average Bonchev–Trinajstić information content (AvgIpc) is 3.19. The molecule has 2 aliphatic rings. The molecule has 27 heavy (non-hydrogen) atoms. The monoisotopic (exact) mass is 412 g/mol. The predicted molar refractivity (Wildman–Crippen MR) is 108 cm³/mol. The molecule has 1 N–H and O–H groups in total. The van der Waals surface area contributed by atoms with E-state index in [9.17, 15) is 9.59 Å². The molecule has 1 atom stereocenters. The van der Waals surface area contributed by atoms with Gasteiger partial charge in [-0.1, -0.05) is 23.2 Å². The Hall–Kier alpha value is -1.34. The van der Waals surface area contributed by atoms with Crippen LogP contribution in [0.5, 0.6) is 0 Å². The zero-order valence-corrected chi connectivity index (χ0v) is 17.1. The zero-order valence-electron chi connectivity index (χ0n) is 15.6. The number of hydrogen-bond acceptors (Lipinski definition) is 4. The average molecular weight is 413 g/mol. The fourth-order valence-electron chi connectivity index (χ4n) is 3.56. The topological polar surface area (TPSA) is 55.9 Å². The number of benzene rings is 1. The van der Waals surface area contributed by atoms with Gasteiger partial charge in [-0.25, -0.2) is 0 Å². The number of halogens is 2. The van der Waals surface area contributed by atoms with E-state index in [0.717, 1.165) is 52.1 Å². The smallest absolute Gasteiger partial charge is 0.241 e. The molecule has 0 aromatic heterocycles. The molecule has 2 fully saturated rings. The molecular formula is C19H26Cl2N4O2. The van der Waals surface area contributed by atoms with Gasteiger partial charge in [-0.2, -0.15) is 0 Å². The Morgan fingerprint density at radius 1 is 1.07 bits per heavy atom. The lowest BCUT2D eigenvalue weighted by atomic mass is 10.2. The largest absolute Gasteiger partial charge is 0.342 e. The minimum atomic E-state index is -0.270. The molecule has 0 bridgehead atoms. The van der Waals surface area contributed by atoms with Crippen LogP contribution in [0.15, 0.2) is 18.2 Å². The van der Waals surface area contributed by atoms with Crippen molar-refractivity contribution in [3.63, 3.8) is 0 Å². The van der Waals surface area contributed by atoms with Crippen LogP contribution in [0.4, 0.5) is 5.69 Å². The minimum absolute atomic E-state index is 0.0965. The molecule has 148 valence electrons. The highest BCUT2D eigenvalue weighted by Gasteiger charge is 2.28. The first-order valence-electron chi connectivity index (χ1n) is 9.44. The van der Waals surface area contributed by atoms with Gasteiger partial charge in [0.2, 0.25) is 11.8 Å². The summed E-state index contributed by atoms with van der Waals surface area (Å²) in [5.74, 6) is 0.130. The maximum atomic E-state index is 12.6. The quantitative estimate of drug-likeness (QED) is 0.806. The van der Waals surface area contributed by atoms with Crippen LogP contribution in [0.2, 0.25) is 10.0 Å². The van der Waals surface area contributed by atoms with E-state index < -0.39 is 0 Å². The number of nitrogens with one attached hydrogen (secondary N) is 1. The SMILES string of the molecule is CC(C(=O)Nc1ccc(Cl)cc1Cl)N1CCN(CC(=O)N2CCCC2)CC1. The Morgan fingerprint density at radius 2 is 1.74 bits per heavy atom. The van der Waals surface area contributed by atoms with E-state index in [1.165, 1.54) is 0 Å². The summed E-state index contributed by atoms with van der Waals surface area (Å²) in [6.07, 6.45) is 2.23. The molecule has 1 aromatic rings. The summed E-state index contributed by atoms with van der Waals surface area (Å²) in [5, 5.41) is 3.83. The van der Waals surface area contributed by atoms with Crippen molar-refractivity contribution in [3.8, 4) is 0 Å². The van der Waals surface area contributed by atoms with Crippen molar-refractivity contribution >= 4 is 40.7 Å². The second kappa shape index (κ2) is 9.24. The van der Waals surface area contributed by atoms with Crippen LogP contribution in [0.25, 0.3) is 0 Å². The zero-order chi connectivity index (χ0) is 19.4. The first kappa shape index (κ1) is 20.4. The van der Waals surface area contributed by atoms with Crippen molar-refractivity contribution in [3.05, 3.63) is 28.2 Å². The van der Waals surface area contributed by atoms with Gasteiger partial charge in [0.1, 0.15) is 0 Å². The number of carbonyl (C=O) groups is 2. The molecule has 2 amide bonds. The third-order valence-corrected chi connectivity index (χ3v) is 5.89. The van der Waals surface area contributed by atoms with Crippen molar-refractivity contribution in [1.82, 2.24) is 14.7 Å². The maximum absolute atomic E-state index is 12.6. The van der Waals surface area contributed by atoms with Crippen LogP contribution in [0.3, 0.4) is 0 Å². The van der Waals surface area contributed by atoms with Gasteiger partial charge in [0, 0.05) is 44.3 Å². The fraction of sp³-hybridized carbons (Fsp3) is 0.579. The second-order valence-electron chi connectivity index (χ2n) is 7.19. The molecule has 0 radical (unpaired) electrons.